The van der Waals surface area contributed by atoms with E-state index in [-0.39, 0.29) is 29.3 Å². The maximum atomic E-state index is 13.3. The highest BCUT2D eigenvalue weighted by Gasteiger charge is 2.48. The number of thioether (sulfide) groups is 1. The largest absolute Gasteiger partial charge is 0.497 e. The van der Waals surface area contributed by atoms with Gasteiger partial charge < -0.3 is 20.1 Å². The summed E-state index contributed by atoms with van der Waals surface area (Å²) in [6, 6.07) is 9.07. The molecule has 0 aromatic heterocycles. The van der Waals surface area contributed by atoms with E-state index in [1.807, 2.05) is 0 Å². The Balaban J connectivity index is 2.24. The van der Waals surface area contributed by atoms with E-state index in [1.165, 1.54) is 24.0 Å². The van der Waals surface area contributed by atoms with Gasteiger partial charge in [0.25, 0.3) is 5.91 Å². The van der Waals surface area contributed by atoms with Crippen molar-refractivity contribution < 1.29 is 23.9 Å². The number of esters is 1. The number of fused-ring (bicyclic) bond motifs is 1. The predicted molar refractivity (Wildman–Crippen MR) is 113 cm³/mol. The van der Waals surface area contributed by atoms with Crippen molar-refractivity contribution in [2.45, 2.75) is 17.6 Å². The lowest BCUT2D eigenvalue weighted by Gasteiger charge is -2.33. The van der Waals surface area contributed by atoms with Gasteiger partial charge >= 0.3 is 5.97 Å². The van der Waals surface area contributed by atoms with Crippen molar-refractivity contribution in [1.82, 2.24) is 9.80 Å². The third-order valence-corrected chi connectivity index (χ3v) is 6.32. The number of allylic oxidation sites excluding steroid dienone is 1. The van der Waals surface area contributed by atoms with Crippen LogP contribution in [0.4, 0.5) is 0 Å². The Morgan fingerprint density at radius 3 is 2.61 bits per heavy atom. The summed E-state index contributed by atoms with van der Waals surface area (Å²) < 4.78 is 9.99. The van der Waals surface area contributed by atoms with E-state index in [2.05, 4.69) is 10.8 Å². The number of carbonyl (C=O) groups is 3. The van der Waals surface area contributed by atoms with Gasteiger partial charge in [-0.15, -0.1) is 0 Å². The van der Waals surface area contributed by atoms with Crippen molar-refractivity contribution in [2.24, 2.45) is 5.73 Å². The third kappa shape index (κ3) is 3.84. The highest BCUT2D eigenvalue weighted by molar-refractivity contribution is 8.04. The topological polar surface area (TPSA) is 126 Å². The van der Waals surface area contributed by atoms with E-state index in [4.69, 9.17) is 10.5 Å². The van der Waals surface area contributed by atoms with Gasteiger partial charge in [0.2, 0.25) is 5.91 Å². The molecule has 2 aliphatic heterocycles. The molecule has 2 amide bonds. The third-order valence-electron chi connectivity index (χ3n) is 5.04. The first kappa shape index (κ1) is 22.2. The predicted octanol–water partition coefficient (Wildman–Crippen LogP) is 1.29. The van der Waals surface area contributed by atoms with Gasteiger partial charge in [0, 0.05) is 14.1 Å². The lowest BCUT2D eigenvalue weighted by Crippen LogP contribution is -2.40. The lowest BCUT2D eigenvalue weighted by molar-refractivity contribution is -0.142. The number of ether oxygens (including phenoxy) is 2. The highest BCUT2D eigenvalue weighted by atomic mass is 32.2. The zero-order valence-corrected chi connectivity index (χ0v) is 18.4. The number of nitrogens with zero attached hydrogens (tertiary/aromatic N) is 3. The number of nitriles is 1. The van der Waals surface area contributed by atoms with Gasteiger partial charge in [-0.1, -0.05) is 23.9 Å². The molecule has 31 heavy (non-hydrogen) atoms. The standard InChI is InChI=1S/C21H22N4O5S/c1-24(2)20(28)17-16(11-6-5-7-12(8-11)29-3)13(10-22)18(23)25-19(27)14(31-21(17)25)9-15(26)30-4/h5-8,14,16H,9,23H2,1-4H3/t14-,16-/m0/s1. The molecule has 10 heteroatoms. The number of nitrogens with two attached hydrogens (primary N) is 1. The molecular formula is C21H22N4O5S. The van der Waals surface area contributed by atoms with Crippen molar-refractivity contribution in [3.05, 3.63) is 51.8 Å². The number of likely N-dealkylation sites (N-methyl/N-ethyl adjacent to an activating group) is 1. The monoisotopic (exact) mass is 442 g/mol. The molecule has 1 saturated heterocycles. The average molecular weight is 442 g/mol. The molecule has 0 saturated carbocycles. The molecule has 2 heterocycles. The molecule has 0 bridgehead atoms. The second-order valence-electron chi connectivity index (χ2n) is 7.10. The number of carbonyl (C=O) groups excluding carboxylic acids is 3. The van der Waals surface area contributed by atoms with Crippen LogP contribution in [0.15, 0.2) is 46.3 Å². The summed E-state index contributed by atoms with van der Waals surface area (Å²) in [5, 5.41) is 9.44. The van der Waals surface area contributed by atoms with E-state index in [0.717, 1.165) is 11.8 Å². The summed E-state index contributed by atoms with van der Waals surface area (Å²) in [4.78, 5) is 40.6. The van der Waals surface area contributed by atoms with Gasteiger partial charge in [-0.3, -0.25) is 19.3 Å². The maximum Gasteiger partial charge on any atom is 0.307 e. The molecule has 0 unspecified atom stereocenters. The van der Waals surface area contributed by atoms with Crippen LogP contribution in [-0.2, 0) is 19.1 Å². The maximum absolute atomic E-state index is 13.3. The fourth-order valence-electron chi connectivity index (χ4n) is 3.53. The van der Waals surface area contributed by atoms with Crippen LogP contribution in [0.1, 0.15) is 17.9 Å². The van der Waals surface area contributed by atoms with E-state index < -0.39 is 23.0 Å². The molecule has 0 spiro atoms. The van der Waals surface area contributed by atoms with Crippen LogP contribution < -0.4 is 10.5 Å². The van der Waals surface area contributed by atoms with Gasteiger partial charge in [0.15, 0.2) is 0 Å². The molecular weight excluding hydrogens is 420 g/mol. The van der Waals surface area contributed by atoms with E-state index in [1.54, 1.807) is 38.4 Å². The molecule has 1 fully saturated rings. The quantitative estimate of drug-likeness (QED) is 0.676. The van der Waals surface area contributed by atoms with E-state index >= 15 is 0 Å². The number of benzene rings is 1. The first-order valence-electron chi connectivity index (χ1n) is 9.32. The summed E-state index contributed by atoms with van der Waals surface area (Å²) in [5.74, 6) is -1.69. The first-order chi connectivity index (χ1) is 14.7. The van der Waals surface area contributed by atoms with Crippen molar-refractivity contribution in [3.63, 3.8) is 0 Å². The zero-order valence-electron chi connectivity index (χ0n) is 17.5. The normalized spacial score (nSPS) is 20.4. The van der Waals surface area contributed by atoms with Crippen molar-refractivity contribution in [1.29, 1.82) is 5.26 Å². The minimum Gasteiger partial charge on any atom is -0.497 e. The van der Waals surface area contributed by atoms with Gasteiger partial charge in [-0.25, -0.2) is 0 Å². The van der Waals surface area contributed by atoms with Gasteiger partial charge in [-0.05, 0) is 17.7 Å². The molecule has 3 rings (SSSR count). The van der Waals surface area contributed by atoms with Crippen LogP contribution in [0.25, 0.3) is 0 Å². The molecule has 162 valence electrons. The van der Waals surface area contributed by atoms with Crippen LogP contribution >= 0.6 is 11.8 Å². The van der Waals surface area contributed by atoms with Crippen LogP contribution in [0.3, 0.4) is 0 Å². The van der Waals surface area contributed by atoms with Gasteiger partial charge in [0.1, 0.15) is 16.8 Å². The molecule has 0 radical (unpaired) electrons. The van der Waals surface area contributed by atoms with Crippen molar-refractivity contribution >= 4 is 29.5 Å². The summed E-state index contributed by atoms with van der Waals surface area (Å²) >= 11 is 1.08. The average Bonchev–Trinajstić information content (AvgIpc) is 3.08. The Morgan fingerprint density at radius 2 is 2.03 bits per heavy atom. The van der Waals surface area contributed by atoms with Gasteiger partial charge in [-0.2, -0.15) is 5.26 Å². The molecule has 0 aliphatic carbocycles. The van der Waals surface area contributed by atoms with E-state index in [9.17, 15) is 19.6 Å². The molecule has 1 aromatic carbocycles. The molecule has 2 atom stereocenters. The van der Waals surface area contributed by atoms with Gasteiger partial charge in [0.05, 0.1) is 48.8 Å². The number of hydrogen-bond acceptors (Lipinski definition) is 8. The number of amides is 2. The number of rotatable bonds is 5. The summed E-state index contributed by atoms with van der Waals surface area (Å²) in [6.07, 6.45) is -0.178. The second-order valence-corrected chi connectivity index (χ2v) is 8.29. The SMILES string of the molecule is COC(=O)C[C@@H]1SC2=C(C(=O)N(C)C)[C@@H](c3cccc(OC)c3)C(C#N)=C(N)N2C1=O. The smallest absolute Gasteiger partial charge is 0.307 e. The number of hydrogen-bond donors (Lipinski definition) is 1. The lowest BCUT2D eigenvalue weighted by atomic mass is 9.82. The van der Waals surface area contributed by atoms with Crippen LogP contribution in [0.2, 0.25) is 0 Å². The molecule has 2 aliphatic rings. The Labute approximate surface area is 184 Å². The molecule has 9 nitrogen and oxygen atoms in total. The molecule has 2 N–H and O–H groups in total. The van der Waals surface area contributed by atoms with Crippen molar-refractivity contribution in [2.75, 3.05) is 28.3 Å². The minimum atomic E-state index is -0.810. The highest BCUT2D eigenvalue weighted by Crippen LogP contribution is 2.50. The Bertz CT molecular complexity index is 1060. The van der Waals surface area contributed by atoms with E-state index in [0.29, 0.717) is 16.3 Å². The fourth-order valence-corrected chi connectivity index (χ4v) is 4.85. The number of methoxy groups -OCH3 is 2. The summed E-state index contributed by atoms with van der Waals surface area (Å²) in [7, 11) is 5.93. The Hall–Kier alpha value is -3.45. The Kier molecular flexibility index (Phi) is 6.27. The summed E-state index contributed by atoms with van der Waals surface area (Å²) in [5.41, 5.74) is 7.22. The molecule has 1 aromatic rings. The second kappa shape index (κ2) is 8.73. The van der Waals surface area contributed by atoms with Crippen LogP contribution in [0.5, 0.6) is 5.75 Å². The van der Waals surface area contributed by atoms with Crippen LogP contribution in [0, 0.1) is 11.3 Å². The Morgan fingerprint density at radius 1 is 1.32 bits per heavy atom. The van der Waals surface area contributed by atoms with Crippen molar-refractivity contribution in [3.8, 4) is 11.8 Å². The fraction of sp³-hybridized carbons (Fsp3) is 0.333. The zero-order chi connectivity index (χ0) is 22.9. The van der Waals surface area contributed by atoms with Crippen LogP contribution in [-0.4, -0.2) is 61.1 Å². The minimum absolute atomic E-state index is 0.0505. The first-order valence-corrected chi connectivity index (χ1v) is 10.2. The summed E-state index contributed by atoms with van der Waals surface area (Å²) in [6.45, 7) is 0.